The van der Waals surface area contributed by atoms with Gasteiger partial charge in [-0.3, -0.25) is 0 Å². The molecule has 0 spiro atoms. The molecule has 5 nitrogen and oxygen atoms in total. The first-order chi connectivity index (χ1) is 12.3. The average Bonchev–Trinajstić information content (AvgIpc) is 2.68. The Bertz CT molecular complexity index is 864. The van der Waals surface area contributed by atoms with Crippen molar-refractivity contribution in [1.82, 2.24) is 9.97 Å². The fraction of sp³-hybridized carbons (Fsp3) is 0.200. The van der Waals surface area contributed by atoms with Gasteiger partial charge >= 0.3 is 0 Å². The van der Waals surface area contributed by atoms with E-state index in [1.165, 1.54) is 11.1 Å². The normalized spacial score (nSPS) is 13.2. The molecule has 0 aliphatic carbocycles. The molecular weight excluding hydrogens is 312 g/mol. The number of aromatic nitrogens is 2. The molecule has 0 saturated carbocycles. The molecule has 0 atom stereocenters. The first-order valence-electron chi connectivity index (χ1n) is 8.38. The van der Waals surface area contributed by atoms with E-state index < -0.39 is 0 Å². The van der Waals surface area contributed by atoms with Crippen molar-refractivity contribution in [2.24, 2.45) is 0 Å². The lowest BCUT2D eigenvalue weighted by Crippen LogP contribution is -2.31. The molecule has 4 rings (SSSR count). The predicted molar refractivity (Wildman–Crippen MR) is 99.5 cm³/mol. The van der Waals surface area contributed by atoms with Crippen molar-refractivity contribution >= 4 is 17.5 Å². The van der Waals surface area contributed by atoms with Crippen LogP contribution in [-0.2, 0) is 13.0 Å². The van der Waals surface area contributed by atoms with Gasteiger partial charge in [-0.25, -0.2) is 4.98 Å². The number of benzene rings is 2. The van der Waals surface area contributed by atoms with Crippen LogP contribution in [0.15, 0.2) is 60.8 Å². The molecule has 0 bridgehead atoms. The number of methoxy groups -OCH3 is 1. The van der Waals surface area contributed by atoms with E-state index in [-0.39, 0.29) is 0 Å². The highest BCUT2D eigenvalue weighted by Crippen LogP contribution is 2.24. The minimum absolute atomic E-state index is 0.599. The van der Waals surface area contributed by atoms with Gasteiger partial charge in [0.2, 0.25) is 5.95 Å². The van der Waals surface area contributed by atoms with E-state index in [1.54, 1.807) is 13.3 Å². The molecule has 0 amide bonds. The summed E-state index contributed by atoms with van der Waals surface area (Å²) in [7, 11) is 1.66. The minimum atomic E-state index is 0.599. The van der Waals surface area contributed by atoms with Crippen LogP contribution in [0.2, 0.25) is 0 Å². The summed E-state index contributed by atoms with van der Waals surface area (Å²) in [4.78, 5) is 11.3. The molecule has 2 heterocycles. The summed E-state index contributed by atoms with van der Waals surface area (Å²) in [5, 5.41) is 3.25. The molecule has 3 aromatic rings. The molecule has 0 fully saturated rings. The monoisotopic (exact) mass is 332 g/mol. The van der Waals surface area contributed by atoms with E-state index >= 15 is 0 Å². The molecule has 0 unspecified atom stereocenters. The van der Waals surface area contributed by atoms with Gasteiger partial charge in [-0.15, -0.1) is 0 Å². The van der Waals surface area contributed by atoms with Crippen LogP contribution in [0.1, 0.15) is 11.1 Å². The number of nitrogens with zero attached hydrogens (tertiary/aromatic N) is 3. The molecule has 1 N–H and O–H groups in total. The Labute approximate surface area is 147 Å². The van der Waals surface area contributed by atoms with Gasteiger partial charge in [-0.1, -0.05) is 24.3 Å². The van der Waals surface area contributed by atoms with Crippen LogP contribution < -0.4 is 15.0 Å². The van der Waals surface area contributed by atoms with Crippen LogP contribution >= 0.6 is 0 Å². The van der Waals surface area contributed by atoms with E-state index in [9.17, 15) is 0 Å². The Morgan fingerprint density at radius 3 is 2.60 bits per heavy atom. The first kappa shape index (κ1) is 15.4. The average molecular weight is 332 g/mol. The maximum absolute atomic E-state index is 5.18. The minimum Gasteiger partial charge on any atom is -0.497 e. The maximum Gasteiger partial charge on any atom is 0.229 e. The highest BCUT2D eigenvalue weighted by atomic mass is 16.5. The molecule has 1 aliphatic rings. The second kappa shape index (κ2) is 6.81. The second-order valence-electron chi connectivity index (χ2n) is 6.03. The van der Waals surface area contributed by atoms with Crippen LogP contribution in [0.5, 0.6) is 5.75 Å². The zero-order chi connectivity index (χ0) is 17.1. The summed E-state index contributed by atoms with van der Waals surface area (Å²) >= 11 is 0. The lowest BCUT2D eigenvalue weighted by atomic mass is 10.00. The lowest BCUT2D eigenvalue weighted by molar-refractivity contribution is 0.415. The molecule has 0 radical (unpaired) electrons. The number of ether oxygens (including phenoxy) is 1. The summed E-state index contributed by atoms with van der Waals surface area (Å²) in [5.74, 6) is 2.37. The van der Waals surface area contributed by atoms with Crippen molar-refractivity contribution in [2.45, 2.75) is 13.0 Å². The Balaban J connectivity index is 1.51. The van der Waals surface area contributed by atoms with Gasteiger partial charge in [0.25, 0.3) is 0 Å². The van der Waals surface area contributed by atoms with E-state index in [1.807, 2.05) is 30.3 Å². The quantitative estimate of drug-likeness (QED) is 0.788. The third-order valence-corrected chi connectivity index (χ3v) is 4.44. The smallest absolute Gasteiger partial charge is 0.229 e. The third-order valence-electron chi connectivity index (χ3n) is 4.44. The molecule has 25 heavy (non-hydrogen) atoms. The number of hydrogen-bond donors (Lipinski definition) is 1. The lowest BCUT2D eigenvalue weighted by Gasteiger charge is -2.29. The van der Waals surface area contributed by atoms with Crippen LogP contribution in [0.25, 0.3) is 0 Å². The fourth-order valence-corrected chi connectivity index (χ4v) is 3.08. The maximum atomic E-state index is 5.18. The Kier molecular flexibility index (Phi) is 4.21. The Morgan fingerprint density at radius 2 is 1.80 bits per heavy atom. The zero-order valence-electron chi connectivity index (χ0n) is 14.1. The van der Waals surface area contributed by atoms with Crippen molar-refractivity contribution in [3.63, 3.8) is 0 Å². The van der Waals surface area contributed by atoms with Gasteiger partial charge in [0, 0.05) is 25.0 Å². The van der Waals surface area contributed by atoms with Crippen LogP contribution in [0, 0.1) is 0 Å². The molecule has 2 aromatic carbocycles. The predicted octanol–water partition coefficient (Wildman–Crippen LogP) is 3.79. The molecule has 0 saturated heterocycles. The Hall–Kier alpha value is -3.08. The van der Waals surface area contributed by atoms with Crippen LogP contribution in [0.4, 0.5) is 17.5 Å². The van der Waals surface area contributed by atoms with Crippen molar-refractivity contribution < 1.29 is 4.74 Å². The van der Waals surface area contributed by atoms with Gasteiger partial charge in [-0.05, 0) is 47.9 Å². The zero-order valence-corrected chi connectivity index (χ0v) is 14.1. The van der Waals surface area contributed by atoms with Gasteiger partial charge < -0.3 is 15.0 Å². The van der Waals surface area contributed by atoms with Crippen molar-refractivity contribution in [3.05, 3.63) is 71.9 Å². The summed E-state index contributed by atoms with van der Waals surface area (Å²) < 4.78 is 5.18. The number of fused-ring (bicyclic) bond motifs is 1. The second-order valence-corrected chi connectivity index (χ2v) is 6.03. The number of hydrogen-bond acceptors (Lipinski definition) is 5. The number of anilines is 3. The standard InChI is InChI=1S/C20H20N4O/c1-25-18-8-6-17(7-9-18)22-20-21-12-10-19(23-20)24-13-11-15-4-2-3-5-16(15)14-24/h2-10,12H,11,13-14H2,1H3,(H,21,22,23). The molecule has 1 aromatic heterocycles. The molecule has 5 heteroatoms. The van der Waals surface area contributed by atoms with Gasteiger partial charge in [0.15, 0.2) is 0 Å². The SMILES string of the molecule is COc1ccc(Nc2nccc(N3CCc4ccccc4C3)n2)cc1. The van der Waals surface area contributed by atoms with Crippen molar-refractivity contribution in [1.29, 1.82) is 0 Å². The van der Waals surface area contributed by atoms with Crippen molar-refractivity contribution in [2.75, 3.05) is 23.9 Å². The summed E-state index contributed by atoms with van der Waals surface area (Å²) in [6.45, 7) is 1.85. The topological polar surface area (TPSA) is 50.3 Å². The third kappa shape index (κ3) is 3.40. The first-order valence-corrected chi connectivity index (χ1v) is 8.38. The Morgan fingerprint density at radius 1 is 1.00 bits per heavy atom. The van der Waals surface area contributed by atoms with Crippen molar-refractivity contribution in [3.8, 4) is 5.75 Å². The summed E-state index contributed by atoms with van der Waals surface area (Å²) in [6, 6.07) is 18.3. The highest BCUT2D eigenvalue weighted by molar-refractivity contribution is 5.56. The van der Waals surface area contributed by atoms with Crippen LogP contribution in [-0.4, -0.2) is 23.6 Å². The van der Waals surface area contributed by atoms with E-state index in [4.69, 9.17) is 4.74 Å². The van der Waals surface area contributed by atoms with Gasteiger partial charge in [0.05, 0.1) is 7.11 Å². The molecular formula is C20H20N4O. The molecule has 126 valence electrons. The summed E-state index contributed by atoms with van der Waals surface area (Å²) in [5.41, 5.74) is 3.74. The highest BCUT2D eigenvalue weighted by Gasteiger charge is 2.17. The molecule has 1 aliphatic heterocycles. The van der Waals surface area contributed by atoms with Gasteiger partial charge in [-0.2, -0.15) is 4.98 Å². The van der Waals surface area contributed by atoms with E-state index in [0.717, 1.165) is 36.8 Å². The number of rotatable bonds is 4. The van der Waals surface area contributed by atoms with Crippen LogP contribution in [0.3, 0.4) is 0 Å². The van der Waals surface area contributed by atoms with E-state index in [2.05, 4.69) is 44.5 Å². The fourth-order valence-electron chi connectivity index (χ4n) is 3.08. The van der Waals surface area contributed by atoms with Gasteiger partial charge in [0.1, 0.15) is 11.6 Å². The van der Waals surface area contributed by atoms with E-state index in [0.29, 0.717) is 5.95 Å². The number of nitrogens with one attached hydrogen (secondary N) is 1. The summed E-state index contributed by atoms with van der Waals surface area (Å²) in [6.07, 6.45) is 2.84. The largest absolute Gasteiger partial charge is 0.497 e.